The normalized spacial score (nSPS) is 10.7. The lowest BCUT2D eigenvalue weighted by molar-refractivity contribution is 0.0757. The van der Waals surface area contributed by atoms with E-state index in [1.165, 1.54) is 0 Å². The molecule has 5 heteroatoms. The Bertz CT molecular complexity index is 961. The van der Waals surface area contributed by atoms with Crippen molar-refractivity contribution in [2.45, 2.75) is 13.1 Å². The number of rotatable bonds is 7. The zero-order valence-electron chi connectivity index (χ0n) is 14.4. The maximum absolute atomic E-state index is 13.0. The molecule has 0 spiro atoms. The van der Waals surface area contributed by atoms with Crippen LogP contribution in [0, 0.1) is 0 Å². The third-order valence-electron chi connectivity index (χ3n) is 4.09. The van der Waals surface area contributed by atoms with Gasteiger partial charge in [-0.15, -0.1) is 13.2 Å². The second kappa shape index (κ2) is 8.15. The van der Waals surface area contributed by atoms with Gasteiger partial charge >= 0.3 is 0 Å². The molecule has 132 valence electrons. The number of imidazole rings is 1. The molecule has 2 aromatic carbocycles. The zero-order valence-corrected chi connectivity index (χ0v) is 16.0. The van der Waals surface area contributed by atoms with E-state index in [4.69, 9.17) is 4.98 Å². The lowest BCUT2D eigenvalue weighted by atomic mass is 10.2. The molecule has 0 radical (unpaired) electrons. The Morgan fingerprint density at radius 2 is 1.96 bits per heavy atom. The van der Waals surface area contributed by atoms with Crippen molar-refractivity contribution in [2.24, 2.45) is 0 Å². The van der Waals surface area contributed by atoms with E-state index in [1.54, 1.807) is 11.0 Å². The van der Waals surface area contributed by atoms with Gasteiger partial charge in [0.25, 0.3) is 5.91 Å². The van der Waals surface area contributed by atoms with Gasteiger partial charge in [0.15, 0.2) is 0 Å². The molecule has 0 atom stereocenters. The van der Waals surface area contributed by atoms with Gasteiger partial charge in [-0.2, -0.15) is 0 Å². The summed E-state index contributed by atoms with van der Waals surface area (Å²) in [6, 6.07) is 15.4. The smallest absolute Gasteiger partial charge is 0.254 e. The largest absolute Gasteiger partial charge is 0.327 e. The van der Waals surface area contributed by atoms with Crippen LogP contribution in [0.5, 0.6) is 0 Å². The van der Waals surface area contributed by atoms with Crippen LogP contribution >= 0.6 is 15.9 Å². The van der Waals surface area contributed by atoms with Crippen LogP contribution in [0.25, 0.3) is 11.0 Å². The van der Waals surface area contributed by atoms with Gasteiger partial charge in [0, 0.05) is 23.1 Å². The van der Waals surface area contributed by atoms with Crippen molar-refractivity contribution < 1.29 is 4.79 Å². The Morgan fingerprint density at radius 3 is 2.69 bits per heavy atom. The van der Waals surface area contributed by atoms with Crippen LogP contribution in [0.15, 0.2) is 78.3 Å². The molecule has 0 bridgehead atoms. The Labute approximate surface area is 161 Å². The highest BCUT2D eigenvalue weighted by molar-refractivity contribution is 9.10. The van der Waals surface area contributed by atoms with E-state index < -0.39 is 0 Å². The monoisotopic (exact) mass is 409 g/mol. The minimum absolute atomic E-state index is 0.0524. The van der Waals surface area contributed by atoms with Crippen molar-refractivity contribution in [3.05, 3.63) is 89.7 Å². The number of hydrogen-bond donors (Lipinski definition) is 0. The number of hydrogen-bond acceptors (Lipinski definition) is 2. The van der Waals surface area contributed by atoms with Crippen LogP contribution in [0.3, 0.4) is 0 Å². The topological polar surface area (TPSA) is 38.1 Å². The fourth-order valence-electron chi connectivity index (χ4n) is 2.93. The maximum Gasteiger partial charge on any atom is 0.254 e. The van der Waals surface area contributed by atoms with Gasteiger partial charge in [-0.25, -0.2) is 4.98 Å². The number of nitrogens with zero attached hydrogens (tertiary/aromatic N) is 3. The van der Waals surface area contributed by atoms with Gasteiger partial charge in [-0.05, 0) is 30.3 Å². The summed E-state index contributed by atoms with van der Waals surface area (Å²) in [6.07, 6.45) is 3.57. The van der Waals surface area contributed by atoms with Gasteiger partial charge in [-0.1, -0.05) is 46.3 Å². The van der Waals surface area contributed by atoms with Gasteiger partial charge in [0.1, 0.15) is 5.82 Å². The zero-order chi connectivity index (χ0) is 18.5. The molecule has 1 aromatic heterocycles. The van der Waals surface area contributed by atoms with E-state index in [0.29, 0.717) is 25.2 Å². The fourth-order valence-corrected chi connectivity index (χ4v) is 3.33. The third-order valence-corrected chi connectivity index (χ3v) is 4.58. The van der Waals surface area contributed by atoms with E-state index in [9.17, 15) is 4.79 Å². The SMILES string of the molecule is C=CCN(Cc1nc2ccccc2n1CC=C)C(=O)c1cccc(Br)c1. The molecule has 0 aliphatic carbocycles. The third kappa shape index (κ3) is 3.78. The van der Waals surface area contributed by atoms with Crippen molar-refractivity contribution in [1.29, 1.82) is 0 Å². The summed E-state index contributed by atoms with van der Waals surface area (Å²) in [4.78, 5) is 19.4. The number of aromatic nitrogens is 2. The van der Waals surface area contributed by atoms with Gasteiger partial charge < -0.3 is 9.47 Å². The van der Waals surface area contributed by atoms with Crippen LogP contribution in [-0.4, -0.2) is 26.9 Å². The first-order valence-corrected chi connectivity index (χ1v) is 9.14. The first-order valence-electron chi connectivity index (χ1n) is 8.35. The Hall–Kier alpha value is -2.66. The molecule has 0 saturated carbocycles. The van der Waals surface area contributed by atoms with E-state index in [0.717, 1.165) is 21.3 Å². The molecule has 0 aliphatic rings. The molecule has 1 heterocycles. The quantitative estimate of drug-likeness (QED) is 0.524. The lowest BCUT2D eigenvalue weighted by Crippen LogP contribution is -2.32. The highest BCUT2D eigenvalue weighted by Crippen LogP contribution is 2.19. The van der Waals surface area contributed by atoms with Crippen molar-refractivity contribution >= 4 is 32.9 Å². The minimum atomic E-state index is -0.0524. The molecule has 0 fully saturated rings. The maximum atomic E-state index is 13.0. The van der Waals surface area contributed by atoms with E-state index in [1.807, 2.05) is 54.6 Å². The summed E-state index contributed by atoms with van der Waals surface area (Å²) < 4.78 is 2.97. The number of fused-ring (bicyclic) bond motifs is 1. The second-order valence-electron chi connectivity index (χ2n) is 5.90. The first-order chi connectivity index (χ1) is 12.6. The molecule has 4 nitrogen and oxygen atoms in total. The summed E-state index contributed by atoms with van der Waals surface area (Å²) in [6.45, 7) is 9.12. The molecule has 3 aromatic rings. The Balaban J connectivity index is 1.96. The molecule has 0 aliphatic heterocycles. The fraction of sp³-hybridized carbons (Fsp3) is 0.143. The number of carbonyl (C=O) groups is 1. The van der Waals surface area contributed by atoms with Crippen molar-refractivity contribution in [3.63, 3.8) is 0 Å². The number of halogens is 1. The minimum Gasteiger partial charge on any atom is -0.327 e. The summed E-state index contributed by atoms with van der Waals surface area (Å²) in [5, 5.41) is 0. The summed E-state index contributed by atoms with van der Waals surface area (Å²) >= 11 is 3.42. The number of amides is 1. The molecular weight excluding hydrogens is 390 g/mol. The number of allylic oxidation sites excluding steroid dienone is 1. The standard InChI is InChI=1S/C21H20BrN3O/c1-3-12-24(21(26)16-8-7-9-17(22)14-16)15-20-23-18-10-5-6-11-19(18)25(20)13-4-2/h3-11,14H,1-2,12-13,15H2. The Kier molecular flexibility index (Phi) is 5.68. The number of benzene rings is 2. The highest BCUT2D eigenvalue weighted by Gasteiger charge is 2.19. The Morgan fingerprint density at radius 1 is 1.15 bits per heavy atom. The van der Waals surface area contributed by atoms with Crippen LogP contribution in [0.1, 0.15) is 16.2 Å². The van der Waals surface area contributed by atoms with E-state index in [2.05, 4.69) is 33.7 Å². The molecule has 0 unspecified atom stereocenters. The average Bonchev–Trinajstić information content (AvgIpc) is 2.98. The second-order valence-corrected chi connectivity index (χ2v) is 6.82. The molecular formula is C21H20BrN3O. The van der Waals surface area contributed by atoms with Crippen LogP contribution in [0.2, 0.25) is 0 Å². The first kappa shape index (κ1) is 18.1. The summed E-state index contributed by atoms with van der Waals surface area (Å²) in [5.41, 5.74) is 2.58. The van der Waals surface area contributed by atoms with Crippen molar-refractivity contribution in [2.75, 3.05) is 6.54 Å². The van der Waals surface area contributed by atoms with E-state index >= 15 is 0 Å². The molecule has 26 heavy (non-hydrogen) atoms. The van der Waals surface area contributed by atoms with Gasteiger partial charge in [0.05, 0.1) is 17.6 Å². The molecule has 0 N–H and O–H groups in total. The lowest BCUT2D eigenvalue weighted by Gasteiger charge is -2.21. The molecule has 1 amide bonds. The van der Waals surface area contributed by atoms with Gasteiger partial charge in [-0.3, -0.25) is 4.79 Å². The van der Waals surface area contributed by atoms with Crippen molar-refractivity contribution in [1.82, 2.24) is 14.5 Å². The van der Waals surface area contributed by atoms with Crippen LogP contribution in [-0.2, 0) is 13.1 Å². The average molecular weight is 410 g/mol. The van der Waals surface area contributed by atoms with Crippen molar-refractivity contribution in [3.8, 4) is 0 Å². The highest BCUT2D eigenvalue weighted by atomic mass is 79.9. The molecule has 0 saturated heterocycles. The predicted molar refractivity (Wildman–Crippen MR) is 109 cm³/mol. The summed E-state index contributed by atoms with van der Waals surface area (Å²) in [7, 11) is 0. The predicted octanol–water partition coefficient (Wildman–Crippen LogP) is 4.81. The van der Waals surface area contributed by atoms with Crippen LogP contribution < -0.4 is 0 Å². The van der Waals surface area contributed by atoms with Crippen LogP contribution in [0.4, 0.5) is 0 Å². The molecule has 3 rings (SSSR count). The van der Waals surface area contributed by atoms with Gasteiger partial charge in [0.2, 0.25) is 0 Å². The van der Waals surface area contributed by atoms with E-state index in [-0.39, 0.29) is 5.91 Å². The number of para-hydroxylation sites is 2. The number of carbonyl (C=O) groups excluding carboxylic acids is 1. The summed E-state index contributed by atoms with van der Waals surface area (Å²) in [5.74, 6) is 0.778.